The normalized spacial score (nSPS) is 10.7. The van der Waals surface area contributed by atoms with E-state index >= 15 is 0 Å². The summed E-state index contributed by atoms with van der Waals surface area (Å²) in [6, 6.07) is 6.72. The molecule has 1 heterocycles. The standard InChI is InChI=1S/C14H19N3S2/c1-4-15-14-13(16-17-19-14)9-18-8-12-6-10(2)5-11(3)7-12/h5-7,15H,4,8-9H2,1-3H3. The van der Waals surface area contributed by atoms with Gasteiger partial charge in [0.15, 0.2) is 0 Å². The van der Waals surface area contributed by atoms with Crippen LogP contribution in [0.4, 0.5) is 5.00 Å². The van der Waals surface area contributed by atoms with Gasteiger partial charge in [0, 0.05) is 29.6 Å². The number of aryl methyl sites for hydroxylation is 2. The number of thioether (sulfide) groups is 1. The molecule has 0 bridgehead atoms. The Morgan fingerprint density at radius 2 is 1.89 bits per heavy atom. The first kappa shape index (κ1) is 14.3. The molecule has 0 fully saturated rings. The molecule has 0 atom stereocenters. The molecule has 0 radical (unpaired) electrons. The molecular formula is C14H19N3S2. The fourth-order valence-electron chi connectivity index (χ4n) is 2.02. The lowest BCUT2D eigenvalue weighted by molar-refractivity contribution is 1.07. The number of rotatable bonds is 6. The van der Waals surface area contributed by atoms with E-state index in [1.807, 2.05) is 11.8 Å². The van der Waals surface area contributed by atoms with Crippen LogP contribution in [0.5, 0.6) is 0 Å². The molecule has 0 spiro atoms. The van der Waals surface area contributed by atoms with Gasteiger partial charge < -0.3 is 5.32 Å². The molecule has 0 aliphatic carbocycles. The molecule has 0 unspecified atom stereocenters. The summed E-state index contributed by atoms with van der Waals surface area (Å²) in [4.78, 5) is 0. The maximum atomic E-state index is 4.19. The Balaban J connectivity index is 1.90. The summed E-state index contributed by atoms with van der Waals surface area (Å²) >= 11 is 3.33. The predicted octanol–water partition coefficient (Wildman–Crippen LogP) is 4.02. The minimum Gasteiger partial charge on any atom is -0.374 e. The average Bonchev–Trinajstić information content (AvgIpc) is 2.76. The van der Waals surface area contributed by atoms with Crippen LogP contribution in [0.1, 0.15) is 29.3 Å². The number of hydrogen-bond acceptors (Lipinski definition) is 5. The zero-order chi connectivity index (χ0) is 13.7. The molecule has 0 saturated carbocycles. The van der Waals surface area contributed by atoms with E-state index in [1.165, 1.54) is 28.2 Å². The van der Waals surface area contributed by atoms with E-state index in [1.54, 1.807) is 0 Å². The van der Waals surface area contributed by atoms with Gasteiger partial charge in [0.1, 0.15) is 10.7 Å². The molecule has 1 aromatic carbocycles. The second kappa shape index (κ2) is 6.91. The van der Waals surface area contributed by atoms with Gasteiger partial charge in [-0.2, -0.15) is 11.8 Å². The zero-order valence-electron chi connectivity index (χ0n) is 11.6. The van der Waals surface area contributed by atoms with Crippen molar-refractivity contribution in [1.29, 1.82) is 0 Å². The molecule has 1 N–H and O–H groups in total. The van der Waals surface area contributed by atoms with E-state index in [9.17, 15) is 0 Å². The Kier molecular flexibility index (Phi) is 5.22. The molecule has 5 heteroatoms. The lowest BCUT2D eigenvalue weighted by Crippen LogP contribution is -1.97. The van der Waals surface area contributed by atoms with Crippen LogP contribution in [0.15, 0.2) is 18.2 Å². The zero-order valence-corrected chi connectivity index (χ0v) is 13.2. The highest BCUT2D eigenvalue weighted by Crippen LogP contribution is 2.24. The first-order chi connectivity index (χ1) is 9.19. The number of aromatic nitrogens is 2. The number of hydrogen-bond donors (Lipinski definition) is 1. The number of nitrogens with one attached hydrogen (secondary N) is 1. The summed E-state index contributed by atoms with van der Waals surface area (Å²) in [5, 5.41) is 8.60. The Morgan fingerprint density at radius 1 is 1.16 bits per heavy atom. The molecule has 2 aromatic rings. The van der Waals surface area contributed by atoms with Crippen molar-refractivity contribution in [3.63, 3.8) is 0 Å². The van der Waals surface area contributed by atoms with Gasteiger partial charge in [-0.25, -0.2) is 0 Å². The number of benzene rings is 1. The summed E-state index contributed by atoms with van der Waals surface area (Å²) in [6.45, 7) is 7.30. The Hall–Kier alpha value is -1.07. The number of nitrogens with zero attached hydrogens (tertiary/aromatic N) is 2. The highest BCUT2D eigenvalue weighted by Gasteiger charge is 2.07. The quantitative estimate of drug-likeness (QED) is 0.873. The molecule has 102 valence electrons. The second-order valence-corrected chi connectivity index (χ2v) is 6.31. The first-order valence-corrected chi connectivity index (χ1v) is 8.32. The van der Waals surface area contributed by atoms with Gasteiger partial charge in [0.05, 0.1) is 0 Å². The molecular weight excluding hydrogens is 274 g/mol. The summed E-state index contributed by atoms with van der Waals surface area (Å²) in [7, 11) is 0. The highest BCUT2D eigenvalue weighted by atomic mass is 32.2. The molecule has 0 aliphatic heterocycles. The van der Waals surface area contributed by atoms with Crippen molar-refractivity contribution in [3.05, 3.63) is 40.6 Å². The summed E-state index contributed by atoms with van der Waals surface area (Å²) < 4.78 is 4.01. The van der Waals surface area contributed by atoms with Crippen molar-refractivity contribution in [2.75, 3.05) is 11.9 Å². The van der Waals surface area contributed by atoms with E-state index < -0.39 is 0 Å². The molecule has 1 aromatic heterocycles. The minimum absolute atomic E-state index is 0.909. The van der Waals surface area contributed by atoms with Crippen LogP contribution in [0, 0.1) is 13.8 Å². The third-order valence-corrected chi connectivity index (χ3v) is 4.42. The molecule has 2 rings (SSSR count). The second-order valence-electron chi connectivity index (χ2n) is 4.57. The fraction of sp³-hybridized carbons (Fsp3) is 0.429. The third kappa shape index (κ3) is 4.21. The molecule has 0 saturated heterocycles. The lowest BCUT2D eigenvalue weighted by atomic mass is 10.1. The molecule has 19 heavy (non-hydrogen) atoms. The van der Waals surface area contributed by atoms with Crippen molar-refractivity contribution in [2.24, 2.45) is 0 Å². The smallest absolute Gasteiger partial charge is 0.134 e. The average molecular weight is 293 g/mol. The largest absolute Gasteiger partial charge is 0.374 e. The van der Waals surface area contributed by atoms with Crippen molar-refractivity contribution < 1.29 is 0 Å². The summed E-state index contributed by atoms with van der Waals surface area (Å²) in [6.07, 6.45) is 0. The molecule has 0 amide bonds. The van der Waals surface area contributed by atoms with Crippen LogP contribution in [0.2, 0.25) is 0 Å². The van der Waals surface area contributed by atoms with E-state index in [-0.39, 0.29) is 0 Å². The fourth-order valence-corrected chi connectivity index (χ4v) is 3.66. The Labute approximate surface area is 123 Å². The van der Waals surface area contributed by atoms with E-state index in [0.29, 0.717) is 0 Å². The van der Waals surface area contributed by atoms with Gasteiger partial charge in [-0.05, 0) is 26.3 Å². The molecule has 0 aliphatic rings. The molecule has 3 nitrogen and oxygen atoms in total. The van der Waals surface area contributed by atoms with Gasteiger partial charge in [-0.1, -0.05) is 33.8 Å². The monoisotopic (exact) mass is 293 g/mol. The first-order valence-electron chi connectivity index (χ1n) is 6.39. The summed E-state index contributed by atoms with van der Waals surface area (Å²) in [5.41, 5.74) is 5.12. The van der Waals surface area contributed by atoms with E-state index in [4.69, 9.17) is 0 Å². The van der Waals surface area contributed by atoms with Crippen LogP contribution in [-0.2, 0) is 11.5 Å². The van der Waals surface area contributed by atoms with Crippen LogP contribution < -0.4 is 5.32 Å². The maximum Gasteiger partial charge on any atom is 0.134 e. The third-order valence-electron chi connectivity index (χ3n) is 2.68. The predicted molar refractivity (Wildman–Crippen MR) is 85.0 cm³/mol. The SMILES string of the molecule is CCNc1snnc1CSCc1cc(C)cc(C)c1. The Morgan fingerprint density at radius 3 is 2.58 bits per heavy atom. The van der Waals surface area contributed by atoms with E-state index in [0.717, 1.165) is 28.7 Å². The topological polar surface area (TPSA) is 37.8 Å². The van der Waals surface area contributed by atoms with Crippen molar-refractivity contribution >= 4 is 28.3 Å². The maximum absolute atomic E-state index is 4.19. The van der Waals surface area contributed by atoms with Gasteiger partial charge in [0.25, 0.3) is 0 Å². The van der Waals surface area contributed by atoms with Crippen LogP contribution >= 0.6 is 23.3 Å². The highest BCUT2D eigenvalue weighted by molar-refractivity contribution is 7.97. The van der Waals surface area contributed by atoms with Crippen molar-refractivity contribution in [1.82, 2.24) is 9.59 Å². The van der Waals surface area contributed by atoms with Gasteiger partial charge in [0.2, 0.25) is 0 Å². The van der Waals surface area contributed by atoms with Crippen LogP contribution in [0.25, 0.3) is 0 Å². The summed E-state index contributed by atoms with van der Waals surface area (Å²) in [5.74, 6) is 1.93. The number of anilines is 1. The minimum atomic E-state index is 0.909. The Bertz CT molecular complexity index is 517. The van der Waals surface area contributed by atoms with Crippen LogP contribution in [-0.4, -0.2) is 16.1 Å². The lowest BCUT2D eigenvalue weighted by Gasteiger charge is -2.05. The van der Waals surface area contributed by atoms with Gasteiger partial charge in [-0.15, -0.1) is 5.10 Å². The van der Waals surface area contributed by atoms with Gasteiger partial charge in [-0.3, -0.25) is 0 Å². The van der Waals surface area contributed by atoms with Gasteiger partial charge >= 0.3 is 0 Å². The van der Waals surface area contributed by atoms with E-state index in [2.05, 4.69) is 53.9 Å². The van der Waals surface area contributed by atoms with Crippen molar-refractivity contribution in [3.8, 4) is 0 Å². The van der Waals surface area contributed by atoms with Crippen molar-refractivity contribution in [2.45, 2.75) is 32.3 Å². The van der Waals surface area contributed by atoms with Crippen LogP contribution in [0.3, 0.4) is 0 Å².